The van der Waals surface area contributed by atoms with Gasteiger partial charge in [0.2, 0.25) is 5.91 Å². The average molecular weight is 338 g/mol. The van der Waals surface area contributed by atoms with Gasteiger partial charge in [0.25, 0.3) is 0 Å². The predicted octanol–water partition coefficient (Wildman–Crippen LogP) is 1.82. The van der Waals surface area contributed by atoms with Crippen molar-refractivity contribution in [3.63, 3.8) is 0 Å². The predicted molar refractivity (Wildman–Crippen MR) is 96.1 cm³/mol. The summed E-state index contributed by atoms with van der Waals surface area (Å²) < 4.78 is 5.59. The molecule has 0 aromatic carbocycles. The summed E-state index contributed by atoms with van der Waals surface area (Å²) in [6, 6.07) is 0.655. The fourth-order valence-corrected chi connectivity index (χ4v) is 4.25. The number of piperazine rings is 1. The van der Waals surface area contributed by atoms with Crippen LogP contribution in [0.25, 0.3) is 0 Å². The second-order valence-corrected chi connectivity index (χ2v) is 7.70. The summed E-state index contributed by atoms with van der Waals surface area (Å²) in [5.74, 6) is 0.756. The number of hydrogen-bond acceptors (Lipinski definition) is 4. The number of hydrogen-bond donors (Lipinski definition) is 0. The zero-order valence-corrected chi connectivity index (χ0v) is 15.4. The smallest absolute Gasteiger partial charge is 0.225 e. The standard InChI is InChI=1S/C19H35N3O2/c1-2-13-24-14-12-20-8-10-21(11-9-20)18-15-17(16-18)19(23)22-6-4-3-5-7-22/h17-18H,2-16H2,1H3. The minimum Gasteiger partial charge on any atom is -0.380 e. The summed E-state index contributed by atoms with van der Waals surface area (Å²) in [6.07, 6.45) is 6.99. The fourth-order valence-electron chi connectivity index (χ4n) is 4.25. The van der Waals surface area contributed by atoms with Crippen LogP contribution in [0, 0.1) is 5.92 Å². The van der Waals surface area contributed by atoms with E-state index in [1.54, 1.807) is 0 Å². The van der Waals surface area contributed by atoms with E-state index in [0.29, 0.717) is 17.9 Å². The number of piperidine rings is 1. The van der Waals surface area contributed by atoms with Gasteiger partial charge in [-0.15, -0.1) is 0 Å². The highest BCUT2D eigenvalue weighted by Crippen LogP contribution is 2.34. The molecule has 1 saturated carbocycles. The van der Waals surface area contributed by atoms with Crippen LogP contribution in [0.3, 0.4) is 0 Å². The summed E-state index contributed by atoms with van der Waals surface area (Å²) in [4.78, 5) is 19.8. The van der Waals surface area contributed by atoms with Gasteiger partial charge in [0.15, 0.2) is 0 Å². The molecule has 3 fully saturated rings. The quantitative estimate of drug-likeness (QED) is 0.664. The van der Waals surface area contributed by atoms with Crippen LogP contribution in [0.15, 0.2) is 0 Å². The molecular weight excluding hydrogens is 302 g/mol. The molecule has 0 radical (unpaired) electrons. The second kappa shape index (κ2) is 9.16. The van der Waals surface area contributed by atoms with Crippen LogP contribution in [0.4, 0.5) is 0 Å². The largest absolute Gasteiger partial charge is 0.380 e. The highest BCUT2D eigenvalue weighted by Gasteiger charge is 2.40. The number of rotatable bonds is 7. The van der Waals surface area contributed by atoms with E-state index in [0.717, 1.165) is 78.3 Å². The molecule has 5 nitrogen and oxygen atoms in total. The monoisotopic (exact) mass is 337 g/mol. The fraction of sp³-hybridized carbons (Fsp3) is 0.947. The Morgan fingerprint density at radius 1 is 0.958 bits per heavy atom. The molecule has 24 heavy (non-hydrogen) atoms. The van der Waals surface area contributed by atoms with Crippen molar-refractivity contribution < 1.29 is 9.53 Å². The molecule has 1 aliphatic carbocycles. The number of carbonyl (C=O) groups is 1. The minimum absolute atomic E-state index is 0.313. The van der Waals surface area contributed by atoms with E-state index in [4.69, 9.17) is 4.74 Å². The molecule has 2 aliphatic heterocycles. The molecule has 3 aliphatic rings. The Morgan fingerprint density at radius 3 is 2.33 bits per heavy atom. The van der Waals surface area contributed by atoms with Gasteiger partial charge >= 0.3 is 0 Å². The molecule has 0 spiro atoms. The van der Waals surface area contributed by atoms with Crippen LogP contribution in [-0.4, -0.2) is 85.7 Å². The lowest BCUT2D eigenvalue weighted by Crippen LogP contribution is -2.56. The lowest BCUT2D eigenvalue weighted by molar-refractivity contribution is -0.142. The average Bonchev–Trinajstić information content (AvgIpc) is 2.59. The molecule has 0 aromatic heterocycles. The first-order chi connectivity index (χ1) is 11.8. The van der Waals surface area contributed by atoms with Crippen LogP contribution in [0.2, 0.25) is 0 Å². The van der Waals surface area contributed by atoms with E-state index in [1.165, 1.54) is 19.3 Å². The SMILES string of the molecule is CCCOCCN1CCN(C2CC(C(=O)N3CCCCC3)C2)CC1. The van der Waals surface area contributed by atoms with Crippen LogP contribution >= 0.6 is 0 Å². The van der Waals surface area contributed by atoms with Gasteiger partial charge in [0.05, 0.1) is 6.61 Å². The Morgan fingerprint density at radius 2 is 1.67 bits per heavy atom. The molecule has 138 valence electrons. The molecule has 2 heterocycles. The summed E-state index contributed by atoms with van der Waals surface area (Å²) in [6.45, 7) is 11.6. The first-order valence-corrected chi connectivity index (χ1v) is 10.1. The molecule has 1 amide bonds. The van der Waals surface area contributed by atoms with E-state index >= 15 is 0 Å². The lowest BCUT2D eigenvalue weighted by Gasteiger charge is -2.47. The number of likely N-dealkylation sites (tertiary alicyclic amines) is 1. The Kier molecular flexibility index (Phi) is 6.93. The lowest BCUT2D eigenvalue weighted by atomic mass is 9.78. The summed E-state index contributed by atoms with van der Waals surface area (Å²) in [5, 5.41) is 0. The van der Waals surface area contributed by atoms with Gasteiger partial charge in [-0.2, -0.15) is 0 Å². The topological polar surface area (TPSA) is 36.0 Å². The molecular formula is C19H35N3O2. The molecule has 0 N–H and O–H groups in total. The number of carbonyl (C=O) groups excluding carboxylic acids is 1. The van der Waals surface area contributed by atoms with Gasteiger partial charge in [-0.1, -0.05) is 6.92 Å². The summed E-state index contributed by atoms with van der Waals surface area (Å²) in [7, 11) is 0. The van der Waals surface area contributed by atoms with E-state index in [2.05, 4.69) is 21.6 Å². The van der Waals surface area contributed by atoms with Crippen LogP contribution in [-0.2, 0) is 9.53 Å². The van der Waals surface area contributed by atoms with Crippen molar-refractivity contribution in [1.82, 2.24) is 14.7 Å². The van der Waals surface area contributed by atoms with Crippen molar-refractivity contribution in [3.05, 3.63) is 0 Å². The maximum Gasteiger partial charge on any atom is 0.225 e. The summed E-state index contributed by atoms with van der Waals surface area (Å²) >= 11 is 0. The third kappa shape index (κ3) is 4.70. The zero-order chi connectivity index (χ0) is 16.8. The Labute approximate surface area is 147 Å². The van der Waals surface area contributed by atoms with Crippen molar-refractivity contribution in [3.8, 4) is 0 Å². The minimum atomic E-state index is 0.313. The number of amides is 1. The molecule has 0 unspecified atom stereocenters. The third-order valence-electron chi connectivity index (χ3n) is 5.95. The third-order valence-corrected chi connectivity index (χ3v) is 5.95. The van der Waals surface area contributed by atoms with Crippen LogP contribution < -0.4 is 0 Å². The Bertz CT molecular complexity index is 384. The molecule has 0 atom stereocenters. The van der Waals surface area contributed by atoms with Crippen molar-refractivity contribution in [2.45, 2.75) is 51.5 Å². The maximum atomic E-state index is 12.5. The Hall–Kier alpha value is -0.650. The second-order valence-electron chi connectivity index (χ2n) is 7.70. The van der Waals surface area contributed by atoms with E-state index in [1.807, 2.05) is 0 Å². The normalized spacial score (nSPS) is 29.5. The van der Waals surface area contributed by atoms with E-state index in [9.17, 15) is 4.79 Å². The molecule has 0 aromatic rings. The van der Waals surface area contributed by atoms with Gasteiger partial charge in [-0.25, -0.2) is 0 Å². The summed E-state index contributed by atoms with van der Waals surface area (Å²) in [5.41, 5.74) is 0. The highest BCUT2D eigenvalue weighted by molar-refractivity contribution is 5.80. The number of ether oxygens (including phenoxy) is 1. The van der Waals surface area contributed by atoms with E-state index < -0.39 is 0 Å². The van der Waals surface area contributed by atoms with Crippen molar-refractivity contribution in [2.24, 2.45) is 5.92 Å². The molecule has 0 bridgehead atoms. The van der Waals surface area contributed by atoms with Gasteiger partial charge in [-0.3, -0.25) is 14.6 Å². The first-order valence-electron chi connectivity index (χ1n) is 10.1. The van der Waals surface area contributed by atoms with Gasteiger partial charge in [0, 0.05) is 64.4 Å². The first kappa shape index (κ1) is 18.2. The zero-order valence-electron chi connectivity index (χ0n) is 15.4. The van der Waals surface area contributed by atoms with Gasteiger partial charge < -0.3 is 9.64 Å². The number of nitrogens with zero attached hydrogens (tertiary/aromatic N) is 3. The van der Waals surface area contributed by atoms with E-state index in [-0.39, 0.29) is 0 Å². The van der Waals surface area contributed by atoms with Crippen molar-refractivity contribution in [1.29, 1.82) is 0 Å². The highest BCUT2D eigenvalue weighted by atomic mass is 16.5. The van der Waals surface area contributed by atoms with Gasteiger partial charge in [-0.05, 0) is 38.5 Å². The maximum absolute atomic E-state index is 12.5. The molecule has 3 rings (SSSR count). The van der Waals surface area contributed by atoms with Crippen molar-refractivity contribution >= 4 is 5.91 Å². The molecule has 2 saturated heterocycles. The van der Waals surface area contributed by atoms with Crippen LogP contribution in [0.5, 0.6) is 0 Å². The molecule has 5 heteroatoms. The van der Waals surface area contributed by atoms with Crippen LogP contribution in [0.1, 0.15) is 45.4 Å². The Balaban J connectivity index is 1.30. The van der Waals surface area contributed by atoms with Crippen molar-refractivity contribution in [2.75, 3.05) is 59.0 Å². The van der Waals surface area contributed by atoms with Gasteiger partial charge in [0.1, 0.15) is 0 Å².